The van der Waals surface area contributed by atoms with Gasteiger partial charge in [-0.1, -0.05) is 59.3 Å². The van der Waals surface area contributed by atoms with E-state index in [4.69, 9.17) is 4.74 Å². The molecule has 3 nitrogen and oxygen atoms in total. The zero-order valence-corrected chi connectivity index (χ0v) is 17.7. The molecule has 3 rings (SSSR count). The number of halogens is 1. The van der Waals surface area contributed by atoms with Gasteiger partial charge in [-0.2, -0.15) is 0 Å². The molecule has 0 bridgehead atoms. The maximum absolute atomic E-state index is 12.9. The minimum Gasteiger partial charge on any atom is -0.497 e. The van der Waals surface area contributed by atoms with E-state index in [1.807, 2.05) is 72.8 Å². The van der Waals surface area contributed by atoms with Crippen molar-refractivity contribution in [2.24, 2.45) is 0 Å². The smallest absolute Gasteiger partial charge is 0.165 e. The topological polar surface area (TPSA) is 38.3 Å². The highest BCUT2D eigenvalue weighted by molar-refractivity contribution is 9.10. The Bertz CT molecular complexity index is 903. The van der Waals surface area contributed by atoms with Crippen LogP contribution in [0.25, 0.3) is 0 Å². The van der Waals surface area contributed by atoms with Crippen molar-refractivity contribution in [3.8, 4) is 5.75 Å². The maximum Gasteiger partial charge on any atom is 0.165 e. The average molecular weight is 438 g/mol. The van der Waals surface area contributed by atoms with Gasteiger partial charge in [0.1, 0.15) is 5.75 Å². The van der Waals surface area contributed by atoms with E-state index in [0.717, 1.165) is 33.5 Å². The normalized spacial score (nSPS) is 11.7. The van der Waals surface area contributed by atoms with E-state index < -0.39 is 0 Å². The maximum atomic E-state index is 12.9. The summed E-state index contributed by atoms with van der Waals surface area (Å²) in [6, 6.07) is 23.6. The van der Waals surface area contributed by atoms with Crippen LogP contribution in [0.1, 0.15) is 40.9 Å². The van der Waals surface area contributed by atoms with Crippen molar-refractivity contribution in [2.75, 3.05) is 12.4 Å². The number of hydrogen-bond acceptors (Lipinski definition) is 3. The molecule has 0 aliphatic heterocycles. The Morgan fingerprint density at radius 2 is 1.61 bits per heavy atom. The monoisotopic (exact) mass is 437 g/mol. The minimum atomic E-state index is -0.134. The quantitative estimate of drug-likeness (QED) is 0.411. The molecule has 0 radical (unpaired) electrons. The van der Waals surface area contributed by atoms with Crippen molar-refractivity contribution >= 4 is 27.4 Å². The Morgan fingerprint density at radius 3 is 2.18 bits per heavy atom. The van der Waals surface area contributed by atoms with Gasteiger partial charge in [-0.25, -0.2) is 0 Å². The first kappa shape index (κ1) is 20.2. The van der Waals surface area contributed by atoms with E-state index in [-0.39, 0.29) is 11.8 Å². The van der Waals surface area contributed by atoms with Gasteiger partial charge >= 0.3 is 0 Å². The fourth-order valence-electron chi connectivity index (χ4n) is 3.07. The van der Waals surface area contributed by atoms with Gasteiger partial charge in [0, 0.05) is 22.1 Å². The molecular weight excluding hydrogens is 414 g/mol. The summed E-state index contributed by atoms with van der Waals surface area (Å²) in [6.45, 7) is 2.11. The van der Waals surface area contributed by atoms with Gasteiger partial charge in [0.2, 0.25) is 0 Å². The second-order valence-electron chi connectivity index (χ2n) is 6.65. The van der Waals surface area contributed by atoms with Gasteiger partial charge in [-0.3, -0.25) is 4.79 Å². The van der Waals surface area contributed by atoms with Gasteiger partial charge in [-0.15, -0.1) is 0 Å². The molecule has 4 heteroatoms. The third kappa shape index (κ3) is 5.23. The van der Waals surface area contributed by atoms with Gasteiger partial charge in [0.25, 0.3) is 0 Å². The lowest BCUT2D eigenvalue weighted by atomic mass is 9.96. The summed E-state index contributed by atoms with van der Waals surface area (Å²) in [5, 5.41) is 3.50. The first-order valence-corrected chi connectivity index (χ1v) is 10.2. The van der Waals surface area contributed by atoms with Gasteiger partial charge in [-0.05, 0) is 53.9 Å². The Balaban J connectivity index is 1.83. The molecule has 0 saturated carbocycles. The van der Waals surface area contributed by atoms with Crippen LogP contribution in [0.4, 0.5) is 5.69 Å². The van der Waals surface area contributed by atoms with E-state index in [0.29, 0.717) is 6.42 Å². The summed E-state index contributed by atoms with van der Waals surface area (Å²) in [5.41, 5.74) is 3.99. The van der Waals surface area contributed by atoms with Crippen molar-refractivity contribution in [3.63, 3.8) is 0 Å². The molecule has 0 aromatic heterocycles. The van der Waals surface area contributed by atoms with Crippen LogP contribution < -0.4 is 10.1 Å². The van der Waals surface area contributed by atoms with Crippen LogP contribution in [0.2, 0.25) is 0 Å². The first-order chi connectivity index (χ1) is 13.6. The number of ether oxygens (including phenoxy) is 1. The molecular formula is C24H24BrNO2. The molecule has 144 valence electrons. The SMILES string of the molecule is CCc1ccc(C(=O)C[C@@H](Nc2ccc(Br)cc2)c2ccc(OC)cc2)cc1. The van der Waals surface area contributed by atoms with Crippen molar-refractivity contribution in [1.29, 1.82) is 0 Å². The predicted octanol–water partition coefficient (Wildman–Crippen LogP) is 6.45. The summed E-state index contributed by atoms with van der Waals surface area (Å²) in [4.78, 5) is 12.9. The number of ketones is 1. The van der Waals surface area contributed by atoms with Crippen molar-refractivity contribution in [3.05, 3.63) is 94.0 Å². The highest BCUT2D eigenvalue weighted by Gasteiger charge is 2.18. The lowest BCUT2D eigenvalue weighted by Gasteiger charge is -2.20. The first-order valence-electron chi connectivity index (χ1n) is 9.37. The highest BCUT2D eigenvalue weighted by Crippen LogP contribution is 2.27. The molecule has 28 heavy (non-hydrogen) atoms. The van der Waals surface area contributed by atoms with Gasteiger partial charge in [0.05, 0.1) is 13.2 Å². The van der Waals surface area contributed by atoms with Crippen molar-refractivity contribution in [1.82, 2.24) is 0 Å². The lowest BCUT2D eigenvalue weighted by molar-refractivity contribution is 0.0976. The number of methoxy groups -OCH3 is 1. The number of carbonyl (C=O) groups is 1. The molecule has 1 atom stereocenters. The number of carbonyl (C=O) groups excluding carboxylic acids is 1. The number of Topliss-reactive ketones (excluding diaryl/α,β-unsaturated/α-hetero) is 1. The zero-order valence-electron chi connectivity index (χ0n) is 16.1. The summed E-state index contributed by atoms with van der Waals surface area (Å²) < 4.78 is 6.28. The van der Waals surface area contributed by atoms with E-state index >= 15 is 0 Å². The summed E-state index contributed by atoms with van der Waals surface area (Å²) >= 11 is 3.46. The van der Waals surface area contributed by atoms with Crippen LogP contribution >= 0.6 is 15.9 Å². The second-order valence-corrected chi connectivity index (χ2v) is 7.57. The molecule has 0 fully saturated rings. The third-order valence-corrected chi connectivity index (χ3v) is 5.31. The molecule has 0 spiro atoms. The van der Waals surface area contributed by atoms with E-state index in [9.17, 15) is 4.79 Å². The third-order valence-electron chi connectivity index (χ3n) is 4.78. The number of hydrogen-bond donors (Lipinski definition) is 1. The molecule has 3 aromatic carbocycles. The summed E-state index contributed by atoms with van der Waals surface area (Å²) in [7, 11) is 1.65. The average Bonchev–Trinajstić information content (AvgIpc) is 2.75. The van der Waals surface area contributed by atoms with Crippen LogP contribution in [-0.2, 0) is 6.42 Å². The number of anilines is 1. The highest BCUT2D eigenvalue weighted by atomic mass is 79.9. The number of nitrogens with one attached hydrogen (secondary N) is 1. The molecule has 0 aliphatic carbocycles. The Labute approximate surface area is 174 Å². The fourth-order valence-corrected chi connectivity index (χ4v) is 3.33. The van der Waals surface area contributed by atoms with E-state index in [2.05, 4.69) is 28.2 Å². The van der Waals surface area contributed by atoms with E-state index in [1.165, 1.54) is 5.56 Å². The Hall–Kier alpha value is -2.59. The largest absolute Gasteiger partial charge is 0.497 e. The molecule has 0 amide bonds. The molecule has 3 aromatic rings. The van der Waals surface area contributed by atoms with E-state index in [1.54, 1.807) is 7.11 Å². The molecule has 0 unspecified atom stereocenters. The second kappa shape index (κ2) is 9.56. The Morgan fingerprint density at radius 1 is 0.964 bits per heavy atom. The Kier molecular flexibility index (Phi) is 6.88. The lowest BCUT2D eigenvalue weighted by Crippen LogP contribution is -2.16. The van der Waals surface area contributed by atoms with Crippen LogP contribution in [0.5, 0.6) is 5.75 Å². The van der Waals surface area contributed by atoms with Crippen LogP contribution in [0, 0.1) is 0 Å². The van der Waals surface area contributed by atoms with Crippen LogP contribution in [0.3, 0.4) is 0 Å². The van der Waals surface area contributed by atoms with Crippen molar-refractivity contribution < 1.29 is 9.53 Å². The molecule has 0 saturated heterocycles. The fraction of sp³-hybridized carbons (Fsp3) is 0.208. The molecule has 0 aliphatic rings. The van der Waals surface area contributed by atoms with Crippen LogP contribution in [-0.4, -0.2) is 12.9 Å². The summed E-state index contributed by atoms with van der Waals surface area (Å²) in [5.74, 6) is 0.917. The van der Waals surface area contributed by atoms with Gasteiger partial charge < -0.3 is 10.1 Å². The number of aryl methyl sites for hydroxylation is 1. The zero-order chi connectivity index (χ0) is 19.9. The standard InChI is InChI=1S/C24H24BrNO2/c1-3-17-4-6-19(7-5-17)24(27)16-23(18-8-14-22(28-2)15-9-18)26-21-12-10-20(25)11-13-21/h4-15,23,26H,3,16H2,1-2H3/t23-/m1/s1. The number of rotatable bonds is 8. The molecule has 1 N–H and O–H groups in total. The molecule has 0 heterocycles. The van der Waals surface area contributed by atoms with Crippen molar-refractivity contribution in [2.45, 2.75) is 25.8 Å². The predicted molar refractivity (Wildman–Crippen MR) is 118 cm³/mol. The summed E-state index contributed by atoms with van der Waals surface area (Å²) in [6.07, 6.45) is 1.34. The van der Waals surface area contributed by atoms with Crippen LogP contribution in [0.15, 0.2) is 77.3 Å². The number of benzene rings is 3. The van der Waals surface area contributed by atoms with Gasteiger partial charge in [0.15, 0.2) is 5.78 Å². The minimum absolute atomic E-state index is 0.119.